The Labute approximate surface area is 172 Å². The van der Waals surface area contributed by atoms with Crippen molar-refractivity contribution in [2.75, 3.05) is 5.32 Å². The van der Waals surface area contributed by atoms with Gasteiger partial charge in [-0.05, 0) is 72.4 Å². The molecule has 0 radical (unpaired) electrons. The Morgan fingerprint density at radius 1 is 0.793 bits per heavy atom. The standard InChI is InChI=1S/C25H27N3O/c1-17-8-6-7-9-22(17)27-28-23-15-14-21(16-18(23)2)26-24(29)19-10-12-20(13-11-19)25(3,4)5/h6-16H,1-5H3,(H,26,29). The van der Waals surface area contributed by atoms with E-state index in [1.54, 1.807) is 0 Å². The Morgan fingerprint density at radius 2 is 1.41 bits per heavy atom. The van der Waals surface area contributed by atoms with Crippen LogP contribution in [0.4, 0.5) is 17.1 Å². The molecule has 0 unspecified atom stereocenters. The average Bonchev–Trinajstić information content (AvgIpc) is 2.68. The van der Waals surface area contributed by atoms with Crippen molar-refractivity contribution in [3.8, 4) is 0 Å². The Hall–Kier alpha value is -3.27. The second kappa shape index (κ2) is 8.39. The highest BCUT2D eigenvalue weighted by molar-refractivity contribution is 6.04. The molecule has 0 atom stereocenters. The monoisotopic (exact) mass is 385 g/mol. The fraction of sp³-hybridized carbons (Fsp3) is 0.240. The van der Waals surface area contributed by atoms with Gasteiger partial charge in [0.15, 0.2) is 0 Å². The molecular formula is C25H27N3O. The number of nitrogens with zero attached hydrogens (tertiary/aromatic N) is 2. The van der Waals surface area contributed by atoms with E-state index < -0.39 is 0 Å². The molecule has 0 spiro atoms. The lowest BCUT2D eigenvalue weighted by Gasteiger charge is -2.19. The van der Waals surface area contributed by atoms with Crippen molar-refractivity contribution in [1.29, 1.82) is 0 Å². The van der Waals surface area contributed by atoms with E-state index in [1.165, 1.54) is 5.56 Å². The molecule has 148 valence electrons. The Bertz CT molecular complexity index is 1040. The minimum atomic E-state index is -0.126. The van der Waals surface area contributed by atoms with Gasteiger partial charge in [-0.15, -0.1) is 0 Å². The van der Waals surface area contributed by atoms with Crippen LogP contribution >= 0.6 is 0 Å². The number of carbonyl (C=O) groups excluding carboxylic acids is 1. The van der Waals surface area contributed by atoms with Gasteiger partial charge in [-0.1, -0.05) is 51.1 Å². The largest absolute Gasteiger partial charge is 0.322 e. The molecule has 3 aromatic carbocycles. The normalized spacial score (nSPS) is 11.6. The highest BCUT2D eigenvalue weighted by Gasteiger charge is 2.14. The lowest BCUT2D eigenvalue weighted by molar-refractivity contribution is 0.102. The number of azo groups is 1. The van der Waals surface area contributed by atoms with Gasteiger partial charge in [-0.2, -0.15) is 10.2 Å². The van der Waals surface area contributed by atoms with Gasteiger partial charge in [0.05, 0.1) is 11.4 Å². The van der Waals surface area contributed by atoms with E-state index in [0.29, 0.717) is 5.56 Å². The molecule has 0 saturated heterocycles. The number of rotatable bonds is 4. The van der Waals surface area contributed by atoms with Gasteiger partial charge in [0.1, 0.15) is 0 Å². The second-order valence-corrected chi connectivity index (χ2v) is 8.27. The van der Waals surface area contributed by atoms with E-state index >= 15 is 0 Å². The van der Waals surface area contributed by atoms with Gasteiger partial charge >= 0.3 is 0 Å². The van der Waals surface area contributed by atoms with Crippen molar-refractivity contribution in [2.24, 2.45) is 10.2 Å². The summed E-state index contributed by atoms with van der Waals surface area (Å²) in [5, 5.41) is 11.7. The van der Waals surface area contributed by atoms with Crippen molar-refractivity contribution in [2.45, 2.75) is 40.0 Å². The molecule has 1 N–H and O–H groups in total. The number of hydrogen-bond acceptors (Lipinski definition) is 3. The predicted octanol–water partition coefficient (Wildman–Crippen LogP) is 7.27. The summed E-state index contributed by atoms with van der Waals surface area (Å²) in [5.41, 5.74) is 6.30. The first-order valence-electron chi connectivity index (χ1n) is 9.74. The van der Waals surface area contributed by atoms with Crippen LogP contribution in [0.15, 0.2) is 77.0 Å². The fourth-order valence-corrected chi connectivity index (χ4v) is 2.95. The SMILES string of the molecule is Cc1ccccc1N=Nc1ccc(NC(=O)c2ccc(C(C)(C)C)cc2)cc1C. The third-order valence-corrected chi connectivity index (χ3v) is 4.85. The maximum atomic E-state index is 12.6. The van der Waals surface area contributed by atoms with Crippen molar-refractivity contribution in [3.05, 3.63) is 89.0 Å². The molecular weight excluding hydrogens is 358 g/mol. The van der Waals surface area contributed by atoms with Gasteiger partial charge in [0, 0.05) is 11.3 Å². The van der Waals surface area contributed by atoms with E-state index in [9.17, 15) is 4.79 Å². The number of nitrogens with one attached hydrogen (secondary N) is 1. The van der Waals surface area contributed by atoms with Crippen molar-refractivity contribution in [1.82, 2.24) is 0 Å². The molecule has 3 aromatic rings. The molecule has 4 nitrogen and oxygen atoms in total. The summed E-state index contributed by atoms with van der Waals surface area (Å²) < 4.78 is 0. The summed E-state index contributed by atoms with van der Waals surface area (Å²) in [5.74, 6) is -0.126. The Balaban J connectivity index is 1.72. The molecule has 0 aliphatic heterocycles. The number of amides is 1. The third-order valence-electron chi connectivity index (χ3n) is 4.85. The van der Waals surface area contributed by atoms with Crippen LogP contribution in [-0.2, 0) is 5.41 Å². The van der Waals surface area contributed by atoms with Gasteiger partial charge in [-0.3, -0.25) is 4.79 Å². The lowest BCUT2D eigenvalue weighted by Crippen LogP contribution is -2.14. The number of hydrogen-bond donors (Lipinski definition) is 1. The molecule has 4 heteroatoms. The quantitative estimate of drug-likeness (QED) is 0.472. The molecule has 0 aromatic heterocycles. The van der Waals surface area contributed by atoms with E-state index in [1.807, 2.05) is 80.6 Å². The molecule has 3 rings (SSSR count). The zero-order valence-corrected chi connectivity index (χ0v) is 17.7. The highest BCUT2D eigenvalue weighted by Crippen LogP contribution is 2.27. The third kappa shape index (κ3) is 5.17. The van der Waals surface area contributed by atoms with Crippen LogP contribution in [0.2, 0.25) is 0 Å². The van der Waals surface area contributed by atoms with Crippen LogP contribution in [0.25, 0.3) is 0 Å². The molecule has 0 bridgehead atoms. The maximum absolute atomic E-state index is 12.6. The predicted molar refractivity (Wildman–Crippen MR) is 120 cm³/mol. The highest BCUT2D eigenvalue weighted by atomic mass is 16.1. The summed E-state index contributed by atoms with van der Waals surface area (Å²) in [4.78, 5) is 12.6. The van der Waals surface area contributed by atoms with E-state index in [0.717, 1.165) is 28.2 Å². The summed E-state index contributed by atoms with van der Waals surface area (Å²) >= 11 is 0. The summed E-state index contributed by atoms with van der Waals surface area (Å²) in [7, 11) is 0. The van der Waals surface area contributed by atoms with Crippen molar-refractivity contribution in [3.63, 3.8) is 0 Å². The lowest BCUT2D eigenvalue weighted by atomic mass is 9.87. The molecule has 1 amide bonds. The minimum Gasteiger partial charge on any atom is -0.322 e. The van der Waals surface area contributed by atoms with Crippen LogP contribution in [0.1, 0.15) is 47.8 Å². The van der Waals surface area contributed by atoms with E-state index in [-0.39, 0.29) is 11.3 Å². The summed E-state index contributed by atoms with van der Waals surface area (Å²) in [6, 6.07) is 21.3. The molecule has 29 heavy (non-hydrogen) atoms. The molecule has 0 fully saturated rings. The van der Waals surface area contributed by atoms with Crippen LogP contribution < -0.4 is 5.32 Å². The minimum absolute atomic E-state index is 0.0643. The maximum Gasteiger partial charge on any atom is 0.255 e. The zero-order valence-electron chi connectivity index (χ0n) is 17.7. The van der Waals surface area contributed by atoms with Crippen LogP contribution in [0.3, 0.4) is 0 Å². The first-order valence-corrected chi connectivity index (χ1v) is 9.74. The van der Waals surface area contributed by atoms with Crippen molar-refractivity contribution < 1.29 is 4.79 Å². The number of carbonyl (C=O) groups is 1. The number of anilines is 1. The van der Waals surface area contributed by atoms with E-state index in [2.05, 4.69) is 36.3 Å². The smallest absolute Gasteiger partial charge is 0.255 e. The molecule has 0 heterocycles. The first kappa shape index (κ1) is 20.5. The molecule has 0 aliphatic carbocycles. The van der Waals surface area contributed by atoms with Gasteiger partial charge in [-0.25, -0.2) is 0 Å². The molecule has 0 saturated carbocycles. The number of benzene rings is 3. The Kier molecular flexibility index (Phi) is 5.92. The van der Waals surface area contributed by atoms with Crippen molar-refractivity contribution >= 4 is 23.0 Å². The average molecular weight is 386 g/mol. The topological polar surface area (TPSA) is 53.8 Å². The first-order chi connectivity index (χ1) is 13.7. The van der Waals surface area contributed by atoms with Crippen LogP contribution in [0.5, 0.6) is 0 Å². The summed E-state index contributed by atoms with van der Waals surface area (Å²) in [6.07, 6.45) is 0. The summed E-state index contributed by atoms with van der Waals surface area (Å²) in [6.45, 7) is 10.4. The fourth-order valence-electron chi connectivity index (χ4n) is 2.95. The number of aryl methyl sites for hydroxylation is 2. The van der Waals surface area contributed by atoms with Gasteiger partial charge < -0.3 is 5.32 Å². The van der Waals surface area contributed by atoms with Crippen LogP contribution in [-0.4, -0.2) is 5.91 Å². The van der Waals surface area contributed by atoms with Gasteiger partial charge in [0.2, 0.25) is 0 Å². The molecule has 0 aliphatic rings. The van der Waals surface area contributed by atoms with E-state index in [4.69, 9.17) is 0 Å². The van der Waals surface area contributed by atoms with Crippen LogP contribution in [0, 0.1) is 13.8 Å². The zero-order chi connectivity index (χ0) is 21.0. The van der Waals surface area contributed by atoms with Gasteiger partial charge in [0.25, 0.3) is 5.91 Å². The Morgan fingerprint density at radius 3 is 2.00 bits per heavy atom. The second-order valence-electron chi connectivity index (χ2n) is 8.27.